The fraction of sp³-hybridized carbons (Fsp3) is 0.211. The lowest BCUT2D eigenvalue weighted by Gasteiger charge is -2.17. The Morgan fingerprint density at radius 3 is 2.16 bits per heavy atom. The highest BCUT2D eigenvalue weighted by Gasteiger charge is 2.12. The SMILES string of the molecule is O=C([O-])c1ccc(/C=N\NC(=O)c2ccc(N3CCCC3)cc2)cc1. The molecule has 25 heavy (non-hydrogen) atoms. The summed E-state index contributed by atoms with van der Waals surface area (Å²) < 4.78 is 0. The van der Waals surface area contributed by atoms with E-state index in [1.807, 2.05) is 12.1 Å². The Bertz CT molecular complexity index is 777. The van der Waals surface area contributed by atoms with E-state index in [0.29, 0.717) is 11.1 Å². The fourth-order valence-electron chi connectivity index (χ4n) is 2.73. The van der Waals surface area contributed by atoms with Gasteiger partial charge in [-0.3, -0.25) is 4.79 Å². The molecule has 128 valence electrons. The Morgan fingerprint density at radius 1 is 0.960 bits per heavy atom. The maximum atomic E-state index is 12.1. The van der Waals surface area contributed by atoms with Gasteiger partial charge < -0.3 is 14.8 Å². The van der Waals surface area contributed by atoms with Crippen LogP contribution in [-0.2, 0) is 0 Å². The van der Waals surface area contributed by atoms with E-state index in [4.69, 9.17) is 0 Å². The molecule has 2 aromatic carbocycles. The van der Waals surface area contributed by atoms with Crippen LogP contribution in [0.3, 0.4) is 0 Å². The molecule has 1 aliphatic rings. The van der Waals surface area contributed by atoms with Crippen LogP contribution in [-0.4, -0.2) is 31.2 Å². The highest BCUT2D eigenvalue weighted by atomic mass is 16.4. The predicted octanol–water partition coefficient (Wildman–Crippen LogP) is 1.41. The van der Waals surface area contributed by atoms with Crippen molar-refractivity contribution < 1.29 is 14.7 Å². The van der Waals surface area contributed by atoms with E-state index in [0.717, 1.165) is 18.8 Å². The summed E-state index contributed by atoms with van der Waals surface area (Å²) in [4.78, 5) is 25.1. The first-order valence-electron chi connectivity index (χ1n) is 8.13. The molecule has 0 atom stereocenters. The van der Waals surface area contributed by atoms with Crippen molar-refractivity contribution >= 4 is 23.8 Å². The number of hydrazone groups is 1. The van der Waals surface area contributed by atoms with Crippen LogP contribution >= 0.6 is 0 Å². The van der Waals surface area contributed by atoms with Crippen LogP contribution in [0.4, 0.5) is 5.69 Å². The molecule has 0 radical (unpaired) electrons. The van der Waals surface area contributed by atoms with E-state index in [9.17, 15) is 14.7 Å². The number of hydrogen-bond acceptors (Lipinski definition) is 5. The van der Waals surface area contributed by atoms with Gasteiger partial charge in [-0.25, -0.2) is 5.43 Å². The van der Waals surface area contributed by atoms with Crippen LogP contribution in [0.2, 0.25) is 0 Å². The number of carbonyl (C=O) groups excluding carboxylic acids is 2. The maximum absolute atomic E-state index is 12.1. The average Bonchev–Trinajstić information content (AvgIpc) is 3.17. The quantitative estimate of drug-likeness (QED) is 0.661. The van der Waals surface area contributed by atoms with Crippen molar-refractivity contribution in [3.05, 3.63) is 65.2 Å². The zero-order valence-electron chi connectivity index (χ0n) is 13.6. The smallest absolute Gasteiger partial charge is 0.271 e. The molecule has 0 unspecified atom stereocenters. The molecule has 1 saturated heterocycles. The lowest BCUT2D eigenvalue weighted by atomic mass is 10.1. The Balaban J connectivity index is 1.57. The molecule has 0 aromatic heterocycles. The lowest BCUT2D eigenvalue weighted by Crippen LogP contribution is -2.22. The van der Waals surface area contributed by atoms with Gasteiger partial charge in [0, 0.05) is 24.3 Å². The fourth-order valence-corrected chi connectivity index (χ4v) is 2.73. The van der Waals surface area contributed by atoms with Gasteiger partial charge in [-0.05, 0) is 48.2 Å². The van der Waals surface area contributed by atoms with Crippen molar-refractivity contribution in [2.24, 2.45) is 5.10 Å². The summed E-state index contributed by atoms with van der Waals surface area (Å²) in [7, 11) is 0. The molecule has 3 rings (SSSR count). The molecule has 1 heterocycles. The number of carboxylic acid groups (broad SMARTS) is 1. The molecule has 6 nitrogen and oxygen atoms in total. The van der Waals surface area contributed by atoms with Gasteiger partial charge in [0.2, 0.25) is 0 Å². The third-order valence-corrected chi connectivity index (χ3v) is 4.13. The molecule has 6 heteroatoms. The summed E-state index contributed by atoms with van der Waals surface area (Å²) in [6.07, 6.45) is 3.87. The second-order valence-corrected chi connectivity index (χ2v) is 5.85. The predicted molar refractivity (Wildman–Crippen MR) is 93.7 cm³/mol. The number of carbonyl (C=O) groups is 2. The Morgan fingerprint density at radius 2 is 1.56 bits per heavy atom. The molecule has 0 spiro atoms. The van der Waals surface area contributed by atoms with Crippen LogP contribution in [0.5, 0.6) is 0 Å². The van der Waals surface area contributed by atoms with Gasteiger partial charge in [0.05, 0.1) is 12.2 Å². The van der Waals surface area contributed by atoms with Crippen LogP contribution in [0, 0.1) is 0 Å². The zero-order chi connectivity index (χ0) is 17.6. The van der Waals surface area contributed by atoms with E-state index in [2.05, 4.69) is 15.4 Å². The molecule has 2 aromatic rings. The molecular weight excluding hydrogens is 318 g/mol. The molecule has 1 fully saturated rings. The molecule has 1 amide bonds. The first-order valence-corrected chi connectivity index (χ1v) is 8.13. The van der Waals surface area contributed by atoms with Crippen molar-refractivity contribution in [1.82, 2.24) is 5.43 Å². The standard InChI is InChI=1S/C19H19N3O3/c23-18(15-7-9-17(10-8-15)22-11-1-2-12-22)21-20-13-14-3-5-16(6-4-14)19(24)25/h3-10,13H,1-2,11-12H2,(H,21,23)(H,24,25)/p-1/b20-13-. The van der Waals surface area contributed by atoms with Gasteiger partial charge >= 0.3 is 0 Å². The number of nitrogens with zero attached hydrogens (tertiary/aromatic N) is 2. The third-order valence-electron chi connectivity index (χ3n) is 4.13. The third kappa shape index (κ3) is 4.23. The molecule has 0 bridgehead atoms. The van der Waals surface area contributed by atoms with E-state index >= 15 is 0 Å². The van der Waals surface area contributed by atoms with Crippen molar-refractivity contribution in [2.75, 3.05) is 18.0 Å². The zero-order valence-corrected chi connectivity index (χ0v) is 13.6. The summed E-state index contributed by atoms with van der Waals surface area (Å²) in [5, 5.41) is 14.6. The van der Waals surface area contributed by atoms with Gasteiger partial charge in [0.25, 0.3) is 5.91 Å². The van der Waals surface area contributed by atoms with Crippen molar-refractivity contribution in [3.63, 3.8) is 0 Å². The van der Waals surface area contributed by atoms with E-state index in [1.165, 1.54) is 31.2 Å². The number of nitrogens with one attached hydrogen (secondary N) is 1. The van der Waals surface area contributed by atoms with Crippen LogP contribution < -0.4 is 15.4 Å². The van der Waals surface area contributed by atoms with Crippen LogP contribution in [0.1, 0.15) is 39.1 Å². The number of amides is 1. The van der Waals surface area contributed by atoms with Crippen LogP contribution in [0.25, 0.3) is 0 Å². The Kier molecular flexibility index (Phi) is 5.09. The summed E-state index contributed by atoms with van der Waals surface area (Å²) in [5.74, 6) is -1.52. The van der Waals surface area contributed by atoms with Crippen molar-refractivity contribution in [2.45, 2.75) is 12.8 Å². The minimum atomic E-state index is -1.23. The first-order chi connectivity index (χ1) is 12.1. The minimum Gasteiger partial charge on any atom is -0.545 e. The highest BCUT2D eigenvalue weighted by molar-refractivity contribution is 5.95. The van der Waals surface area contributed by atoms with Crippen molar-refractivity contribution in [3.8, 4) is 0 Å². The normalized spacial score (nSPS) is 14.0. The Hall–Kier alpha value is -3.15. The van der Waals surface area contributed by atoms with E-state index in [1.54, 1.807) is 24.3 Å². The summed E-state index contributed by atoms with van der Waals surface area (Å²) in [5.41, 5.74) is 4.90. The molecule has 1 aliphatic heterocycles. The lowest BCUT2D eigenvalue weighted by molar-refractivity contribution is -0.255. The average molecular weight is 336 g/mol. The van der Waals surface area contributed by atoms with Gasteiger partial charge in [-0.1, -0.05) is 24.3 Å². The van der Waals surface area contributed by atoms with Gasteiger partial charge in [-0.15, -0.1) is 0 Å². The summed E-state index contributed by atoms with van der Waals surface area (Å²) >= 11 is 0. The number of aromatic carboxylic acids is 1. The number of hydrogen-bond donors (Lipinski definition) is 1. The Labute approximate surface area is 145 Å². The van der Waals surface area contributed by atoms with E-state index in [-0.39, 0.29) is 11.5 Å². The minimum absolute atomic E-state index is 0.0966. The van der Waals surface area contributed by atoms with Gasteiger partial charge in [-0.2, -0.15) is 5.10 Å². The maximum Gasteiger partial charge on any atom is 0.271 e. The monoisotopic (exact) mass is 336 g/mol. The highest BCUT2D eigenvalue weighted by Crippen LogP contribution is 2.20. The van der Waals surface area contributed by atoms with Gasteiger partial charge in [0.1, 0.15) is 0 Å². The largest absolute Gasteiger partial charge is 0.545 e. The first kappa shape index (κ1) is 16.7. The molecule has 1 N–H and O–H groups in total. The molecule has 0 aliphatic carbocycles. The number of anilines is 1. The van der Waals surface area contributed by atoms with E-state index < -0.39 is 5.97 Å². The molecular formula is C19H18N3O3-. The number of rotatable bonds is 5. The summed E-state index contributed by atoms with van der Waals surface area (Å²) in [6.45, 7) is 2.12. The second kappa shape index (κ2) is 7.61. The van der Waals surface area contributed by atoms with Gasteiger partial charge in [0.15, 0.2) is 0 Å². The number of carboxylic acids is 1. The topological polar surface area (TPSA) is 84.8 Å². The van der Waals surface area contributed by atoms with Crippen molar-refractivity contribution in [1.29, 1.82) is 0 Å². The molecule has 0 saturated carbocycles. The van der Waals surface area contributed by atoms with Crippen LogP contribution in [0.15, 0.2) is 53.6 Å². The number of benzene rings is 2. The summed E-state index contributed by atoms with van der Waals surface area (Å²) in [6, 6.07) is 13.5. The second-order valence-electron chi connectivity index (χ2n) is 5.85.